The Morgan fingerprint density at radius 3 is 2.53 bits per heavy atom. The maximum absolute atomic E-state index is 12.1. The molecule has 0 fully saturated rings. The lowest BCUT2D eigenvalue weighted by Gasteiger charge is -2.07. The second-order valence-corrected chi connectivity index (χ2v) is 7.41. The van der Waals surface area contributed by atoms with Crippen LogP contribution in [0.3, 0.4) is 0 Å². The number of thiocarbonyl (C=S) groups is 1. The van der Waals surface area contributed by atoms with Gasteiger partial charge in [-0.1, -0.05) is 36.0 Å². The maximum Gasteiger partial charge on any atom is 0.271 e. The van der Waals surface area contributed by atoms with Crippen molar-refractivity contribution < 1.29 is 8.42 Å². The topological polar surface area (TPSA) is 72.2 Å². The molecule has 2 rings (SSSR count). The highest BCUT2D eigenvalue weighted by Crippen LogP contribution is 2.27. The Morgan fingerprint density at radius 2 is 1.95 bits per heavy atom. The number of para-hydroxylation sites is 1. The van der Waals surface area contributed by atoms with Gasteiger partial charge in [-0.2, -0.15) is 0 Å². The van der Waals surface area contributed by atoms with Crippen LogP contribution in [0.4, 0.5) is 5.69 Å². The number of nitrogens with one attached hydrogen (secondary N) is 1. The lowest BCUT2D eigenvalue weighted by Crippen LogP contribution is -2.11. The van der Waals surface area contributed by atoms with Gasteiger partial charge >= 0.3 is 0 Å². The Hall–Kier alpha value is -1.15. The maximum atomic E-state index is 12.1. The minimum atomic E-state index is -3.68. The quantitative estimate of drug-likeness (QED) is 0.844. The molecule has 3 N–H and O–H groups in total. The Bertz CT molecular complexity index is 725. The summed E-state index contributed by atoms with van der Waals surface area (Å²) >= 11 is 11.7. The molecule has 0 saturated heterocycles. The lowest BCUT2D eigenvalue weighted by molar-refractivity contribution is 0.603. The molecule has 0 unspecified atom stereocenters. The number of anilines is 1. The van der Waals surface area contributed by atoms with Crippen molar-refractivity contribution in [3.63, 3.8) is 0 Å². The third kappa shape index (κ3) is 3.24. The summed E-state index contributed by atoms with van der Waals surface area (Å²) in [5.41, 5.74) is 5.78. The molecule has 0 aliphatic rings. The van der Waals surface area contributed by atoms with Crippen molar-refractivity contribution in [1.29, 1.82) is 0 Å². The van der Waals surface area contributed by atoms with E-state index in [1.54, 1.807) is 30.3 Å². The fourth-order valence-electron chi connectivity index (χ4n) is 1.34. The van der Waals surface area contributed by atoms with Gasteiger partial charge in [0, 0.05) is 0 Å². The van der Waals surface area contributed by atoms with Crippen LogP contribution in [-0.4, -0.2) is 13.4 Å². The molecule has 0 amide bonds. The SMILES string of the molecule is NC(=S)c1ccc(S(=O)(=O)Nc2ccccc2Cl)s1. The standard InChI is InChI=1S/C11H9ClN2O2S3/c12-7-3-1-2-4-8(7)14-19(15,16)10-6-5-9(18-10)11(13)17/h1-6,14H,(H2,13,17). The molecule has 8 heteroatoms. The van der Waals surface area contributed by atoms with E-state index >= 15 is 0 Å². The molecule has 0 aliphatic heterocycles. The first-order chi connectivity index (χ1) is 8.90. The number of rotatable bonds is 4. The van der Waals surface area contributed by atoms with Gasteiger partial charge in [0.25, 0.3) is 10.0 Å². The van der Waals surface area contributed by atoms with E-state index < -0.39 is 10.0 Å². The first kappa shape index (κ1) is 14.3. The second-order valence-electron chi connectivity index (χ2n) is 3.57. The van der Waals surface area contributed by atoms with Crippen molar-refractivity contribution in [2.24, 2.45) is 5.73 Å². The number of sulfonamides is 1. The molecule has 0 spiro atoms. The predicted octanol–water partition coefficient (Wildman–Crippen LogP) is 2.84. The summed E-state index contributed by atoms with van der Waals surface area (Å²) in [5.74, 6) is 0. The van der Waals surface area contributed by atoms with Gasteiger partial charge in [-0.05, 0) is 24.3 Å². The van der Waals surface area contributed by atoms with Crippen molar-refractivity contribution in [3.8, 4) is 0 Å². The first-order valence-corrected chi connectivity index (χ1v) is 8.16. The Kier molecular flexibility index (Phi) is 4.10. The van der Waals surface area contributed by atoms with Crippen molar-refractivity contribution in [3.05, 3.63) is 46.3 Å². The van der Waals surface area contributed by atoms with Crippen LogP contribution in [0.25, 0.3) is 0 Å². The van der Waals surface area contributed by atoms with Crippen LogP contribution in [0, 0.1) is 0 Å². The monoisotopic (exact) mass is 332 g/mol. The molecule has 1 aromatic carbocycles. The van der Waals surface area contributed by atoms with Crippen LogP contribution in [0.5, 0.6) is 0 Å². The molecule has 100 valence electrons. The molecule has 4 nitrogen and oxygen atoms in total. The zero-order chi connectivity index (χ0) is 14.0. The van der Waals surface area contributed by atoms with Gasteiger partial charge in [0.15, 0.2) is 0 Å². The van der Waals surface area contributed by atoms with Crippen molar-refractivity contribution in [1.82, 2.24) is 0 Å². The molecular weight excluding hydrogens is 324 g/mol. The van der Waals surface area contributed by atoms with Crippen LogP contribution in [0.1, 0.15) is 4.88 Å². The Morgan fingerprint density at radius 1 is 1.26 bits per heavy atom. The summed E-state index contributed by atoms with van der Waals surface area (Å²) in [6.45, 7) is 0. The minimum Gasteiger partial charge on any atom is -0.389 e. The molecule has 0 atom stereocenters. The lowest BCUT2D eigenvalue weighted by atomic mass is 10.3. The van der Waals surface area contributed by atoms with Crippen LogP contribution >= 0.6 is 35.2 Å². The summed E-state index contributed by atoms with van der Waals surface area (Å²) in [5, 5.41) is 0.331. The average molecular weight is 333 g/mol. The highest BCUT2D eigenvalue weighted by atomic mass is 35.5. The van der Waals surface area contributed by atoms with Gasteiger partial charge in [0.1, 0.15) is 9.20 Å². The number of hydrogen-bond acceptors (Lipinski definition) is 4. The largest absolute Gasteiger partial charge is 0.389 e. The third-order valence-electron chi connectivity index (χ3n) is 2.21. The van der Waals surface area contributed by atoms with E-state index in [0.717, 1.165) is 11.3 Å². The zero-order valence-electron chi connectivity index (χ0n) is 9.46. The molecule has 0 radical (unpaired) electrons. The Balaban J connectivity index is 2.32. The molecule has 1 heterocycles. The van der Waals surface area contributed by atoms with Gasteiger partial charge in [-0.25, -0.2) is 8.42 Å². The predicted molar refractivity (Wildman–Crippen MR) is 82.5 cm³/mol. The van der Waals surface area contributed by atoms with Crippen LogP contribution in [-0.2, 0) is 10.0 Å². The summed E-state index contributed by atoms with van der Waals surface area (Å²) in [4.78, 5) is 0.721. The average Bonchev–Trinajstić information content (AvgIpc) is 2.82. The van der Waals surface area contributed by atoms with E-state index in [0.29, 0.717) is 15.6 Å². The van der Waals surface area contributed by atoms with Crippen molar-refractivity contribution in [2.45, 2.75) is 4.21 Å². The van der Waals surface area contributed by atoms with Gasteiger partial charge in [0.05, 0.1) is 15.6 Å². The second kappa shape index (κ2) is 5.46. The number of benzene rings is 1. The summed E-state index contributed by atoms with van der Waals surface area (Å²) in [6.07, 6.45) is 0. The van der Waals surface area contributed by atoms with Gasteiger partial charge < -0.3 is 5.73 Å². The zero-order valence-corrected chi connectivity index (χ0v) is 12.7. The molecule has 1 aromatic heterocycles. The summed E-state index contributed by atoms with van der Waals surface area (Å²) in [7, 11) is -3.68. The Labute approximate surface area is 125 Å². The third-order valence-corrected chi connectivity index (χ3v) is 5.86. The van der Waals surface area contributed by atoms with Crippen LogP contribution < -0.4 is 10.5 Å². The number of thiophene rings is 1. The van der Waals surface area contributed by atoms with Crippen molar-refractivity contribution >= 4 is 55.9 Å². The minimum absolute atomic E-state index is 0.134. The molecular formula is C11H9ClN2O2S3. The fourth-order valence-corrected chi connectivity index (χ4v) is 4.01. The van der Waals surface area contributed by atoms with E-state index in [1.165, 1.54) is 6.07 Å². The van der Waals surface area contributed by atoms with Gasteiger partial charge in [-0.3, -0.25) is 4.72 Å². The van der Waals surface area contributed by atoms with E-state index in [9.17, 15) is 8.42 Å². The number of halogens is 1. The van der Waals surface area contributed by atoms with Crippen LogP contribution in [0.15, 0.2) is 40.6 Å². The molecule has 2 aromatic rings. The molecule has 19 heavy (non-hydrogen) atoms. The van der Waals surface area contributed by atoms with E-state index in [1.807, 2.05) is 0 Å². The van der Waals surface area contributed by atoms with Crippen LogP contribution in [0.2, 0.25) is 5.02 Å². The highest BCUT2D eigenvalue weighted by molar-refractivity contribution is 7.94. The normalized spacial score (nSPS) is 11.2. The van der Waals surface area contributed by atoms with Crippen molar-refractivity contribution in [2.75, 3.05) is 4.72 Å². The van der Waals surface area contributed by atoms with E-state index in [2.05, 4.69) is 4.72 Å². The number of hydrogen-bond donors (Lipinski definition) is 2. The summed E-state index contributed by atoms with van der Waals surface area (Å²) < 4.78 is 26.8. The van der Waals surface area contributed by atoms with Gasteiger partial charge in [-0.15, -0.1) is 11.3 Å². The molecule has 0 aliphatic carbocycles. The van der Waals surface area contributed by atoms with Gasteiger partial charge in [0.2, 0.25) is 0 Å². The molecule has 0 bridgehead atoms. The molecule has 0 saturated carbocycles. The fraction of sp³-hybridized carbons (Fsp3) is 0. The highest BCUT2D eigenvalue weighted by Gasteiger charge is 2.18. The van der Waals surface area contributed by atoms with E-state index in [4.69, 9.17) is 29.6 Å². The number of nitrogens with two attached hydrogens (primary N) is 1. The summed E-state index contributed by atoms with van der Waals surface area (Å²) in [6, 6.07) is 9.64. The smallest absolute Gasteiger partial charge is 0.271 e. The first-order valence-electron chi connectivity index (χ1n) is 5.07. The van der Waals surface area contributed by atoms with E-state index in [-0.39, 0.29) is 9.20 Å².